The maximum absolute atomic E-state index is 12.7. The highest BCUT2D eigenvalue weighted by Gasteiger charge is 2.49. The lowest BCUT2D eigenvalue weighted by atomic mass is 9.85. The molecule has 1 saturated carbocycles. The van der Waals surface area contributed by atoms with E-state index in [1.807, 2.05) is 6.92 Å². The molecule has 1 aromatic rings. The van der Waals surface area contributed by atoms with E-state index in [0.717, 1.165) is 24.2 Å². The third-order valence-electron chi connectivity index (χ3n) is 5.22. The molecule has 0 bridgehead atoms. The minimum absolute atomic E-state index is 0.129. The molecule has 1 saturated heterocycles. The van der Waals surface area contributed by atoms with Gasteiger partial charge < -0.3 is 10.1 Å². The van der Waals surface area contributed by atoms with Crippen LogP contribution in [0.4, 0.5) is 10.5 Å². The summed E-state index contributed by atoms with van der Waals surface area (Å²) in [6, 6.07) is 3.63. The average molecular weight is 408 g/mol. The number of imide groups is 2. The summed E-state index contributed by atoms with van der Waals surface area (Å²) >= 11 is 6.02. The molecule has 28 heavy (non-hydrogen) atoms. The zero-order chi connectivity index (χ0) is 20.4. The van der Waals surface area contributed by atoms with Crippen molar-refractivity contribution >= 4 is 41.0 Å². The van der Waals surface area contributed by atoms with Crippen LogP contribution in [0, 0.1) is 5.92 Å². The predicted octanol–water partition coefficient (Wildman–Crippen LogP) is 2.66. The number of hydrogen-bond donors (Lipinski definition) is 1. The summed E-state index contributed by atoms with van der Waals surface area (Å²) < 4.78 is 5.05. The smallest absolute Gasteiger partial charge is 0.334 e. The van der Waals surface area contributed by atoms with E-state index in [4.69, 9.17) is 16.3 Å². The Bertz CT molecular complexity index is 828. The second-order valence-corrected chi connectivity index (χ2v) is 7.48. The number of urea groups is 1. The number of hydrogen-bond acceptors (Lipinski definition) is 5. The number of rotatable bonds is 5. The number of halogens is 1. The molecule has 9 heteroatoms. The topological polar surface area (TPSA) is 96.0 Å². The molecule has 0 aromatic heterocycles. The van der Waals surface area contributed by atoms with E-state index in [-0.39, 0.29) is 12.0 Å². The van der Waals surface area contributed by atoms with Gasteiger partial charge in [-0.15, -0.1) is 0 Å². The molecule has 3 rings (SSSR count). The van der Waals surface area contributed by atoms with Crippen LogP contribution in [0.3, 0.4) is 0 Å². The Hall–Kier alpha value is -2.61. The molecular weight excluding hydrogens is 386 g/mol. The van der Waals surface area contributed by atoms with Crippen LogP contribution in [-0.2, 0) is 14.4 Å². The lowest BCUT2D eigenvalue weighted by Gasteiger charge is -2.34. The number of amides is 5. The second-order valence-electron chi connectivity index (χ2n) is 7.08. The lowest BCUT2D eigenvalue weighted by molar-refractivity contribution is -0.145. The maximum Gasteiger partial charge on any atom is 0.334 e. The SMILES string of the molecule is COc1ccc(NC(=O)CN2C(=O)C(=O)N([C@@H]3CCCC[C@H]3C)C2=O)cc1Cl. The molecule has 1 N–H and O–H groups in total. The van der Waals surface area contributed by atoms with Crippen molar-refractivity contribution in [3.63, 3.8) is 0 Å². The molecule has 8 nitrogen and oxygen atoms in total. The summed E-state index contributed by atoms with van der Waals surface area (Å²) in [5.74, 6) is -1.85. The fourth-order valence-electron chi connectivity index (χ4n) is 3.72. The fraction of sp³-hybridized carbons (Fsp3) is 0.474. The number of benzene rings is 1. The molecule has 2 aliphatic rings. The van der Waals surface area contributed by atoms with Gasteiger partial charge in [-0.25, -0.2) is 9.69 Å². The third kappa shape index (κ3) is 3.82. The van der Waals surface area contributed by atoms with Gasteiger partial charge in [-0.3, -0.25) is 19.3 Å². The van der Waals surface area contributed by atoms with Gasteiger partial charge in [0.25, 0.3) is 0 Å². The molecule has 0 unspecified atom stereocenters. The van der Waals surface area contributed by atoms with Gasteiger partial charge in [0, 0.05) is 11.7 Å². The van der Waals surface area contributed by atoms with Crippen LogP contribution in [-0.4, -0.2) is 53.2 Å². The summed E-state index contributed by atoms with van der Waals surface area (Å²) in [5.41, 5.74) is 0.388. The normalized spacial score (nSPS) is 22.6. The first kappa shape index (κ1) is 20.1. The second kappa shape index (κ2) is 8.18. The monoisotopic (exact) mass is 407 g/mol. The third-order valence-corrected chi connectivity index (χ3v) is 5.51. The minimum Gasteiger partial charge on any atom is -0.495 e. The first-order valence-corrected chi connectivity index (χ1v) is 9.53. The van der Waals surface area contributed by atoms with Crippen molar-refractivity contribution in [2.75, 3.05) is 19.0 Å². The van der Waals surface area contributed by atoms with Crippen LogP contribution in [0.25, 0.3) is 0 Å². The summed E-state index contributed by atoms with van der Waals surface area (Å²) in [4.78, 5) is 51.4. The quantitative estimate of drug-likeness (QED) is 0.598. The predicted molar refractivity (Wildman–Crippen MR) is 102 cm³/mol. The molecule has 150 valence electrons. The summed E-state index contributed by atoms with van der Waals surface area (Å²) in [6.45, 7) is 1.43. The standard InChI is InChI=1S/C19H22ClN3O5/c1-11-5-3-4-6-14(11)23-18(26)17(25)22(19(23)27)10-16(24)21-12-7-8-15(28-2)13(20)9-12/h7-9,11,14H,3-6,10H2,1-2H3,(H,21,24)/t11-,14-/m1/s1. The number of carbonyl (C=O) groups is 4. The number of carbonyl (C=O) groups excluding carboxylic acids is 4. The van der Waals surface area contributed by atoms with Crippen LogP contribution < -0.4 is 10.1 Å². The summed E-state index contributed by atoms with van der Waals surface area (Å²) in [7, 11) is 1.47. The van der Waals surface area contributed by atoms with Crippen molar-refractivity contribution in [3.8, 4) is 5.75 Å². The summed E-state index contributed by atoms with van der Waals surface area (Å²) in [5, 5.41) is 2.87. The highest BCUT2D eigenvalue weighted by molar-refractivity contribution is 6.45. The number of anilines is 1. The number of nitrogens with zero attached hydrogens (tertiary/aromatic N) is 2. The van der Waals surface area contributed by atoms with Crippen LogP contribution in [0.1, 0.15) is 32.6 Å². The van der Waals surface area contributed by atoms with Crippen LogP contribution >= 0.6 is 11.6 Å². The molecule has 0 spiro atoms. The number of nitrogens with one attached hydrogen (secondary N) is 1. The minimum atomic E-state index is -0.967. The first-order chi connectivity index (χ1) is 13.3. The molecule has 1 aromatic carbocycles. The van der Waals surface area contributed by atoms with Crippen LogP contribution in [0.5, 0.6) is 5.75 Å². The van der Waals surface area contributed by atoms with Crippen molar-refractivity contribution < 1.29 is 23.9 Å². The molecule has 2 fully saturated rings. The van der Waals surface area contributed by atoms with E-state index >= 15 is 0 Å². The molecule has 2 atom stereocenters. The van der Waals surface area contributed by atoms with Gasteiger partial charge in [0.15, 0.2) is 0 Å². The van der Waals surface area contributed by atoms with E-state index in [9.17, 15) is 19.2 Å². The Kier molecular flexibility index (Phi) is 5.88. The average Bonchev–Trinajstić information content (AvgIpc) is 2.86. The van der Waals surface area contributed by atoms with E-state index in [0.29, 0.717) is 27.8 Å². The van der Waals surface area contributed by atoms with Crippen LogP contribution in [0.15, 0.2) is 18.2 Å². The zero-order valence-electron chi connectivity index (χ0n) is 15.7. The molecule has 1 heterocycles. The Morgan fingerprint density at radius 2 is 1.93 bits per heavy atom. The van der Waals surface area contributed by atoms with Gasteiger partial charge in [-0.2, -0.15) is 0 Å². The van der Waals surface area contributed by atoms with Crippen molar-refractivity contribution in [2.45, 2.75) is 38.6 Å². The molecule has 1 aliphatic carbocycles. The van der Waals surface area contributed by atoms with E-state index < -0.39 is 30.3 Å². The summed E-state index contributed by atoms with van der Waals surface area (Å²) in [6.07, 6.45) is 3.52. The molecular formula is C19H22ClN3O5. The van der Waals surface area contributed by atoms with Crippen molar-refractivity contribution in [1.29, 1.82) is 0 Å². The van der Waals surface area contributed by atoms with Gasteiger partial charge >= 0.3 is 17.8 Å². The van der Waals surface area contributed by atoms with Gasteiger partial charge in [0.1, 0.15) is 12.3 Å². The molecule has 5 amide bonds. The van der Waals surface area contributed by atoms with E-state index in [1.54, 1.807) is 12.1 Å². The largest absolute Gasteiger partial charge is 0.495 e. The van der Waals surface area contributed by atoms with Gasteiger partial charge in [-0.1, -0.05) is 31.4 Å². The maximum atomic E-state index is 12.7. The fourth-order valence-corrected chi connectivity index (χ4v) is 3.98. The van der Waals surface area contributed by atoms with E-state index in [1.165, 1.54) is 13.2 Å². The van der Waals surface area contributed by atoms with Crippen molar-refractivity contribution in [1.82, 2.24) is 9.80 Å². The number of methoxy groups -OCH3 is 1. The Morgan fingerprint density at radius 3 is 2.57 bits per heavy atom. The Morgan fingerprint density at radius 1 is 1.21 bits per heavy atom. The lowest BCUT2D eigenvalue weighted by Crippen LogP contribution is -2.46. The van der Waals surface area contributed by atoms with Crippen molar-refractivity contribution in [3.05, 3.63) is 23.2 Å². The molecule has 1 aliphatic heterocycles. The zero-order valence-corrected chi connectivity index (χ0v) is 16.5. The van der Waals surface area contributed by atoms with Crippen molar-refractivity contribution in [2.24, 2.45) is 5.92 Å². The van der Waals surface area contributed by atoms with Crippen LogP contribution in [0.2, 0.25) is 5.02 Å². The van der Waals surface area contributed by atoms with Gasteiger partial charge in [0.05, 0.1) is 12.1 Å². The highest BCUT2D eigenvalue weighted by atomic mass is 35.5. The Balaban J connectivity index is 1.69. The molecule has 0 radical (unpaired) electrons. The van der Waals surface area contributed by atoms with E-state index in [2.05, 4.69) is 5.32 Å². The van der Waals surface area contributed by atoms with Gasteiger partial charge in [0.2, 0.25) is 5.91 Å². The highest BCUT2D eigenvalue weighted by Crippen LogP contribution is 2.31. The number of ether oxygens (including phenoxy) is 1. The first-order valence-electron chi connectivity index (χ1n) is 9.16. The Labute approximate surface area is 167 Å². The van der Waals surface area contributed by atoms with Gasteiger partial charge in [-0.05, 0) is 37.0 Å².